The van der Waals surface area contributed by atoms with Crippen molar-refractivity contribution in [3.63, 3.8) is 0 Å². The molecule has 1 aliphatic rings. The number of carbonyl (C=O) groups is 2. The molecule has 7 nitrogen and oxygen atoms in total. The molecule has 0 fully saturated rings. The molecule has 0 radical (unpaired) electrons. The normalized spacial score (nSPS) is 12.0. The minimum Gasteiger partial charge on any atom is -0.456 e. The van der Waals surface area contributed by atoms with Crippen LogP contribution >= 0.6 is 11.3 Å². The summed E-state index contributed by atoms with van der Waals surface area (Å²) >= 11 is 1.27. The highest BCUT2D eigenvalue weighted by Gasteiger charge is 2.17. The topological polar surface area (TPSA) is 86.8 Å². The maximum absolute atomic E-state index is 12.0. The molecule has 1 N–H and O–H groups in total. The second kappa shape index (κ2) is 6.02. The standard InChI is InChI=1S/C14H12N2O5S/c1-8(17)15-14-16-10(6-22-14)5-19-13(18)9-2-3-11-12(4-9)21-7-20-11/h2-4,6H,5,7H2,1H3,(H,15,16,17). The third-order valence-electron chi connectivity index (χ3n) is 2.79. The Morgan fingerprint density at radius 1 is 1.36 bits per heavy atom. The molecule has 0 unspecified atom stereocenters. The molecule has 0 atom stereocenters. The number of esters is 1. The largest absolute Gasteiger partial charge is 0.456 e. The van der Waals surface area contributed by atoms with E-state index in [4.69, 9.17) is 14.2 Å². The Bertz CT molecular complexity index is 728. The summed E-state index contributed by atoms with van der Waals surface area (Å²) in [6, 6.07) is 4.85. The minimum absolute atomic E-state index is 0.0311. The van der Waals surface area contributed by atoms with Gasteiger partial charge in [0, 0.05) is 12.3 Å². The van der Waals surface area contributed by atoms with Crippen LogP contribution in [0.5, 0.6) is 11.5 Å². The van der Waals surface area contributed by atoms with E-state index >= 15 is 0 Å². The molecular formula is C14H12N2O5S. The lowest BCUT2D eigenvalue weighted by atomic mass is 10.2. The lowest BCUT2D eigenvalue weighted by Crippen LogP contribution is -2.07. The molecule has 1 aromatic carbocycles. The number of amides is 1. The number of fused-ring (bicyclic) bond motifs is 1. The van der Waals surface area contributed by atoms with Gasteiger partial charge in [0.2, 0.25) is 12.7 Å². The van der Waals surface area contributed by atoms with E-state index in [1.165, 1.54) is 18.3 Å². The van der Waals surface area contributed by atoms with Crippen LogP contribution in [-0.4, -0.2) is 23.7 Å². The maximum atomic E-state index is 12.0. The Hall–Kier alpha value is -2.61. The quantitative estimate of drug-likeness (QED) is 0.869. The fourth-order valence-corrected chi connectivity index (χ4v) is 2.57. The highest BCUT2D eigenvalue weighted by Crippen LogP contribution is 2.32. The molecule has 0 spiro atoms. The van der Waals surface area contributed by atoms with E-state index < -0.39 is 5.97 Å². The first-order valence-corrected chi connectivity index (χ1v) is 7.28. The summed E-state index contributed by atoms with van der Waals surface area (Å²) in [5, 5.41) is 4.76. The van der Waals surface area contributed by atoms with Crippen LogP contribution in [0.1, 0.15) is 23.0 Å². The lowest BCUT2D eigenvalue weighted by Gasteiger charge is -2.04. The van der Waals surface area contributed by atoms with Gasteiger partial charge in [0.1, 0.15) is 6.61 Å². The zero-order chi connectivity index (χ0) is 15.5. The third kappa shape index (κ3) is 3.17. The highest BCUT2D eigenvalue weighted by molar-refractivity contribution is 7.13. The number of hydrogen-bond donors (Lipinski definition) is 1. The summed E-state index contributed by atoms with van der Waals surface area (Å²) in [5.41, 5.74) is 0.949. The van der Waals surface area contributed by atoms with Gasteiger partial charge in [-0.05, 0) is 18.2 Å². The Balaban J connectivity index is 1.60. The maximum Gasteiger partial charge on any atom is 0.338 e. The van der Waals surface area contributed by atoms with Gasteiger partial charge in [-0.15, -0.1) is 11.3 Å². The van der Waals surface area contributed by atoms with Crippen LogP contribution in [0.2, 0.25) is 0 Å². The summed E-state index contributed by atoms with van der Waals surface area (Å²) in [7, 11) is 0. The van der Waals surface area contributed by atoms with Crippen molar-refractivity contribution >= 4 is 28.3 Å². The molecule has 0 saturated heterocycles. The van der Waals surface area contributed by atoms with Crippen molar-refractivity contribution in [1.29, 1.82) is 0 Å². The second-order valence-corrected chi connectivity index (χ2v) is 5.33. The number of thiazole rings is 1. The molecule has 1 amide bonds. The Morgan fingerprint density at radius 3 is 3.00 bits per heavy atom. The third-order valence-corrected chi connectivity index (χ3v) is 3.60. The number of nitrogens with one attached hydrogen (secondary N) is 1. The summed E-state index contributed by atoms with van der Waals surface area (Å²) in [4.78, 5) is 27.0. The van der Waals surface area contributed by atoms with Crippen LogP contribution in [0, 0.1) is 0 Å². The van der Waals surface area contributed by atoms with Gasteiger partial charge in [-0.1, -0.05) is 0 Å². The molecule has 8 heteroatoms. The van der Waals surface area contributed by atoms with E-state index in [0.717, 1.165) is 0 Å². The van der Waals surface area contributed by atoms with E-state index in [0.29, 0.717) is 27.9 Å². The van der Waals surface area contributed by atoms with Gasteiger partial charge < -0.3 is 19.5 Å². The van der Waals surface area contributed by atoms with Crippen LogP contribution in [0.4, 0.5) is 5.13 Å². The zero-order valence-electron chi connectivity index (χ0n) is 11.6. The van der Waals surface area contributed by atoms with Crippen LogP contribution in [0.25, 0.3) is 0 Å². The Labute approximate surface area is 129 Å². The number of anilines is 1. The molecule has 1 aromatic heterocycles. The van der Waals surface area contributed by atoms with Crippen molar-refractivity contribution in [2.75, 3.05) is 12.1 Å². The van der Waals surface area contributed by atoms with Crippen LogP contribution in [-0.2, 0) is 16.1 Å². The van der Waals surface area contributed by atoms with Crippen LogP contribution < -0.4 is 14.8 Å². The smallest absolute Gasteiger partial charge is 0.338 e. The number of hydrogen-bond acceptors (Lipinski definition) is 7. The molecule has 22 heavy (non-hydrogen) atoms. The zero-order valence-corrected chi connectivity index (χ0v) is 12.4. The average Bonchev–Trinajstić information content (AvgIpc) is 3.12. The van der Waals surface area contributed by atoms with Crippen molar-refractivity contribution in [2.24, 2.45) is 0 Å². The SMILES string of the molecule is CC(=O)Nc1nc(COC(=O)c2ccc3c(c2)OCO3)cs1. The number of nitrogens with zero attached hydrogens (tertiary/aromatic N) is 1. The monoisotopic (exact) mass is 320 g/mol. The molecule has 114 valence electrons. The van der Waals surface area contributed by atoms with Crippen LogP contribution in [0.3, 0.4) is 0 Å². The number of ether oxygens (including phenoxy) is 3. The molecular weight excluding hydrogens is 308 g/mol. The van der Waals surface area contributed by atoms with E-state index in [1.54, 1.807) is 23.6 Å². The van der Waals surface area contributed by atoms with Gasteiger partial charge in [0.15, 0.2) is 16.6 Å². The summed E-state index contributed by atoms with van der Waals surface area (Å²) in [6.45, 7) is 1.59. The highest BCUT2D eigenvalue weighted by atomic mass is 32.1. The second-order valence-electron chi connectivity index (χ2n) is 4.47. The molecule has 0 aliphatic carbocycles. The van der Waals surface area contributed by atoms with E-state index in [-0.39, 0.29) is 19.3 Å². The van der Waals surface area contributed by atoms with E-state index in [9.17, 15) is 9.59 Å². The van der Waals surface area contributed by atoms with E-state index in [1.807, 2.05) is 0 Å². The van der Waals surface area contributed by atoms with Gasteiger partial charge in [-0.3, -0.25) is 4.79 Å². The first-order chi connectivity index (χ1) is 10.6. The van der Waals surface area contributed by atoms with E-state index in [2.05, 4.69) is 10.3 Å². The molecule has 0 bridgehead atoms. The molecule has 2 aromatic rings. The van der Waals surface area contributed by atoms with Gasteiger partial charge >= 0.3 is 5.97 Å². The molecule has 1 aliphatic heterocycles. The van der Waals surface area contributed by atoms with Crippen molar-refractivity contribution in [3.8, 4) is 11.5 Å². The number of rotatable bonds is 4. The lowest BCUT2D eigenvalue weighted by molar-refractivity contribution is -0.114. The number of carbonyl (C=O) groups excluding carboxylic acids is 2. The predicted molar refractivity (Wildman–Crippen MR) is 78.1 cm³/mol. The van der Waals surface area contributed by atoms with Crippen molar-refractivity contribution in [3.05, 3.63) is 34.8 Å². The number of aromatic nitrogens is 1. The van der Waals surface area contributed by atoms with Gasteiger partial charge in [-0.2, -0.15) is 0 Å². The van der Waals surface area contributed by atoms with Gasteiger partial charge in [-0.25, -0.2) is 9.78 Å². The fourth-order valence-electron chi connectivity index (χ4n) is 1.83. The Morgan fingerprint density at radius 2 is 2.18 bits per heavy atom. The first kappa shape index (κ1) is 14.3. The first-order valence-electron chi connectivity index (χ1n) is 6.40. The van der Waals surface area contributed by atoms with Crippen LogP contribution in [0.15, 0.2) is 23.6 Å². The minimum atomic E-state index is -0.479. The molecule has 3 rings (SSSR count). The van der Waals surface area contributed by atoms with Crippen molar-refractivity contribution < 1.29 is 23.8 Å². The molecule has 2 heterocycles. The summed E-state index contributed by atoms with van der Waals surface area (Å²) in [6.07, 6.45) is 0. The molecule has 0 saturated carbocycles. The predicted octanol–water partition coefficient (Wildman–Crippen LogP) is 2.19. The van der Waals surface area contributed by atoms with Crippen molar-refractivity contribution in [2.45, 2.75) is 13.5 Å². The fraction of sp³-hybridized carbons (Fsp3) is 0.214. The Kier molecular flexibility index (Phi) is 3.92. The average molecular weight is 320 g/mol. The van der Waals surface area contributed by atoms with Gasteiger partial charge in [0.25, 0.3) is 0 Å². The summed E-state index contributed by atoms with van der Waals surface area (Å²) in [5.74, 6) is 0.456. The number of benzene rings is 1. The van der Waals surface area contributed by atoms with Gasteiger partial charge in [0.05, 0.1) is 11.3 Å². The summed E-state index contributed by atoms with van der Waals surface area (Å²) < 4.78 is 15.6. The van der Waals surface area contributed by atoms with Crippen molar-refractivity contribution in [1.82, 2.24) is 4.98 Å².